The number of nitriles is 1. The Morgan fingerprint density at radius 1 is 1.09 bits per heavy atom. The lowest BCUT2D eigenvalue weighted by molar-refractivity contribution is 0.354. The molecule has 2 aromatic rings. The van der Waals surface area contributed by atoms with Gasteiger partial charge in [0.05, 0.1) is 38.1 Å². The summed E-state index contributed by atoms with van der Waals surface area (Å²) in [5, 5.41) is 13.2. The third kappa shape index (κ3) is 4.24. The minimum Gasteiger partial charge on any atom is -0.493 e. The minimum absolute atomic E-state index is 0.577. The van der Waals surface area contributed by atoms with E-state index in [0.29, 0.717) is 23.6 Å². The van der Waals surface area contributed by atoms with Crippen molar-refractivity contribution >= 4 is 5.71 Å². The first-order valence-corrected chi connectivity index (χ1v) is 7.16. The Balaban J connectivity index is 2.01. The molecule has 0 unspecified atom stereocenters. The van der Waals surface area contributed by atoms with Crippen molar-refractivity contribution in [3.63, 3.8) is 0 Å². The average Bonchev–Trinajstić information content (AvgIpc) is 2.61. The SMILES string of the molecule is COc1ccc(CN/N=C(/C)c2ccc(C#N)cc2)cc1OC. The van der Waals surface area contributed by atoms with Crippen molar-refractivity contribution in [1.82, 2.24) is 5.43 Å². The molecule has 0 fully saturated rings. The van der Waals surface area contributed by atoms with Crippen LogP contribution in [0.15, 0.2) is 47.6 Å². The molecule has 5 heteroatoms. The number of hydrogen-bond acceptors (Lipinski definition) is 5. The standard InChI is InChI=1S/C18H19N3O2/c1-13(16-7-4-14(11-19)5-8-16)21-20-12-15-6-9-17(22-2)18(10-15)23-3/h4-10,20H,12H2,1-3H3/b21-13-. The number of nitrogens with one attached hydrogen (secondary N) is 1. The second-order valence-electron chi connectivity index (χ2n) is 4.91. The van der Waals surface area contributed by atoms with Crippen LogP contribution in [0.4, 0.5) is 0 Å². The average molecular weight is 309 g/mol. The van der Waals surface area contributed by atoms with Gasteiger partial charge in [-0.15, -0.1) is 0 Å². The largest absolute Gasteiger partial charge is 0.493 e. The second-order valence-corrected chi connectivity index (χ2v) is 4.91. The van der Waals surface area contributed by atoms with Crippen LogP contribution in [-0.2, 0) is 6.54 Å². The summed E-state index contributed by atoms with van der Waals surface area (Å²) in [5.41, 5.74) is 6.56. The van der Waals surface area contributed by atoms with Crippen LogP contribution in [0.3, 0.4) is 0 Å². The number of nitrogens with zero attached hydrogens (tertiary/aromatic N) is 2. The van der Waals surface area contributed by atoms with Crippen LogP contribution >= 0.6 is 0 Å². The van der Waals surface area contributed by atoms with Crippen molar-refractivity contribution in [3.8, 4) is 17.6 Å². The highest BCUT2D eigenvalue weighted by atomic mass is 16.5. The summed E-state index contributed by atoms with van der Waals surface area (Å²) in [6.07, 6.45) is 0. The van der Waals surface area contributed by atoms with Crippen LogP contribution in [-0.4, -0.2) is 19.9 Å². The lowest BCUT2D eigenvalue weighted by atomic mass is 10.1. The van der Waals surface area contributed by atoms with Crippen LogP contribution in [0.25, 0.3) is 0 Å². The van der Waals surface area contributed by atoms with E-state index >= 15 is 0 Å². The molecule has 0 radical (unpaired) electrons. The van der Waals surface area contributed by atoms with Crippen molar-refractivity contribution in [2.75, 3.05) is 14.2 Å². The van der Waals surface area contributed by atoms with E-state index in [1.54, 1.807) is 26.4 Å². The highest BCUT2D eigenvalue weighted by Crippen LogP contribution is 2.27. The Morgan fingerprint density at radius 2 is 1.78 bits per heavy atom. The molecule has 0 aliphatic heterocycles. The van der Waals surface area contributed by atoms with Gasteiger partial charge in [0.1, 0.15) is 0 Å². The maximum Gasteiger partial charge on any atom is 0.161 e. The van der Waals surface area contributed by atoms with E-state index in [4.69, 9.17) is 14.7 Å². The lowest BCUT2D eigenvalue weighted by Gasteiger charge is -2.09. The molecule has 0 bridgehead atoms. The molecular formula is C18H19N3O2. The molecule has 0 aromatic heterocycles. The number of methoxy groups -OCH3 is 2. The van der Waals surface area contributed by atoms with Crippen LogP contribution in [0.2, 0.25) is 0 Å². The zero-order valence-electron chi connectivity index (χ0n) is 13.5. The number of benzene rings is 2. The zero-order chi connectivity index (χ0) is 16.7. The van der Waals surface area contributed by atoms with Crippen LogP contribution in [0, 0.1) is 11.3 Å². The fraction of sp³-hybridized carbons (Fsp3) is 0.222. The predicted octanol–water partition coefficient (Wildman–Crippen LogP) is 3.09. The molecule has 2 aromatic carbocycles. The van der Waals surface area contributed by atoms with Gasteiger partial charge in [0.2, 0.25) is 0 Å². The van der Waals surface area contributed by atoms with Crippen LogP contribution in [0.5, 0.6) is 11.5 Å². The molecule has 118 valence electrons. The Hall–Kier alpha value is -3.00. The third-order valence-electron chi connectivity index (χ3n) is 3.41. The van der Waals surface area contributed by atoms with Crippen LogP contribution < -0.4 is 14.9 Å². The van der Waals surface area contributed by atoms with E-state index in [-0.39, 0.29) is 0 Å². The first kappa shape index (κ1) is 16.4. The van der Waals surface area contributed by atoms with Gasteiger partial charge in [0.15, 0.2) is 11.5 Å². The number of hydrogen-bond donors (Lipinski definition) is 1. The molecule has 0 spiro atoms. The highest BCUT2D eigenvalue weighted by molar-refractivity contribution is 5.98. The Labute approximate surface area is 136 Å². The Morgan fingerprint density at radius 3 is 2.39 bits per heavy atom. The number of ether oxygens (including phenoxy) is 2. The third-order valence-corrected chi connectivity index (χ3v) is 3.41. The van der Waals surface area contributed by atoms with Gasteiger partial charge in [-0.05, 0) is 42.3 Å². The molecular weight excluding hydrogens is 290 g/mol. The van der Waals surface area contributed by atoms with Gasteiger partial charge >= 0.3 is 0 Å². The maximum atomic E-state index is 8.80. The quantitative estimate of drug-likeness (QED) is 0.658. The number of hydrazone groups is 1. The van der Waals surface area contributed by atoms with Gasteiger partial charge in [0, 0.05) is 0 Å². The van der Waals surface area contributed by atoms with Gasteiger partial charge in [0.25, 0.3) is 0 Å². The van der Waals surface area contributed by atoms with Gasteiger partial charge < -0.3 is 14.9 Å². The Kier molecular flexibility index (Phi) is 5.59. The summed E-state index contributed by atoms with van der Waals surface area (Å²) in [5.74, 6) is 1.40. The molecule has 0 heterocycles. The molecule has 0 amide bonds. The summed E-state index contributed by atoms with van der Waals surface area (Å²) in [6.45, 7) is 2.50. The minimum atomic E-state index is 0.577. The molecule has 23 heavy (non-hydrogen) atoms. The van der Waals surface area contributed by atoms with Crippen molar-refractivity contribution < 1.29 is 9.47 Å². The van der Waals surface area contributed by atoms with Crippen molar-refractivity contribution in [2.24, 2.45) is 5.10 Å². The van der Waals surface area contributed by atoms with Crippen LogP contribution in [0.1, 0.15) is 23.6 Å². The normalized spacial score (nSPS) is 10.8. The topological polar surface area (TPSA) is 66.6 Å². The summed E-state index contributed by atoms with van der Waals surface area (Å²) in [6, 6.07) is 15.2. The summed E-state index contributed by atoms with van der Waals surface area (Å²) in [4.78, 5) is 0. The zero-order valence-corrected chi connectivity index (χ0v) is 13.5. The van der Waals surface area contributed by atoms with Gasteiger partial charge in [-0.2, -0.15) is 10.4 Å². The van der Waals surface area contributed by atoms with Crippen molar-refractivity contribution in [2.45, 2.75) is 13.5 Å². The van der Waals surface area contributed by atoms with E-state index < -0.39 is 0 Å². The van der Waals surface area contributed by atoms with Gasteiger partial charge in [-0.1, -0.05) is 18.2 Å². The molecule has 0 aliphatic carbocycles. The van der Waals surface area contributed by atoms with E-state index in [2.05, 4.69) is 16.6 Å². The van der Waals surface area contributed by atoms with E-state index in [9.17, 15) is 0 Å². The van der Waals surface area contributed by atoms with E-state index in [1.807, 2.05) is 37.3 Å². The van der Waals surface area contributed by atoms with E-state index in [1.165, 1.54) is 0 Å². The fourth-order valence-corrected chi connectivity index (χ4v) is 2.09. The Bertz CT molecular complexity index is 731. The molecule has 0 saturated carbocycles. The monoisotopic (exact) mass is 309 g/mol. The van der Waals surface area contributed by atoms with Crippen molar-refractivity contribution in [3.05, 3.63) is 59.2 Å². The van der Waals surface area contributed by atoms with Gasteiger partial charge in [-0.3, -0.25) is 0 Å². The van der Waals surface area contributed by atoms with E-state index in [0.717, 1.165) is 16.8 Å². The maximum absolute atomic E-state index is 8.80. The summed E-state index contributed by atoms with van der Waals surface area (Å²) in [7, 11) is 3.23. The molecule has 0 atom stereocenters. The van der Waals surface area contributed by atoms with Crippen molar-refractivity contribution in [1.29, 1.82) is 5.26 Å². The fourth-order valence-electron chi connectivity index (χ4n) is 2.09. The molecule has 0 saturated heterocycles. The first-order chi connectivity index (χ1) is 11.2. The second kappa shape index (κ2) is 7.85. The lowest BCUT2D eigenvalue weighted by Crippen LogP contribution is -2.09. The molecule has 5 nitrogen and oxygen atoms in total. The predicted molar refractivity (Wildman–Crippen MR) is 89.8 cm³/mol. The summed E-state index contributed by atoms with van der Waals surface area (Å²) >= 11 is 0. The molecule has 1 N–H and O–H groups in total. The highest BCUT2D eigenvalue weighted by Gasteiger charge is 2.04. The molecule has 2 rings (SSSR count). The first-order valence-electron chi connectivity index (χ1n) is 7.16. The summed E-state index contributed by atoms with van der Waals surface area (Å²) < 4.78 is 10.5. The molecule has 0 aliphatic rings. The number of rotatable bonds is 6. The smallest absolute Gasteiger partial charge is 0.161 e. The van der Waals surface area contributed by atoms with Gasteiger partial charge in [-0.25, -0.2) is 0 Å².